The number of hydrogen-bond donors (Lipinski definition) is 0. The lowest BCUT2D eigenvalue weighted by molar-refractivity contribution is 0.131. The summed E-state index contributed by atoms with van der Waals surface area (Å²) in [7, 11) is 0. The average molecular weight is 299 g/mol. The Morgan fingerprint density at radius 1 is 1.00 bits per heavy atom. The van der Waals surface area contributed by atoms with Crippen LogP contribution in [0.4, 0.5) is 6.01 Å². The van der Waals surface area contributed by atoms with Crippen molar-refractivity contribution >= 4 is 17.1 Å². The van der Waals surface area contributed by atoms with Crippen LogP contribution in [0.5, 0.6) is 0 Å². The molecular formula is C18H25N3O. The lowest BCUT2D eigenvalue weighted by Crippen LogP contribution is -2.51. The number of nitrogens with zero attached hydrogens (tertiary/aromatic N) is 3. The number of aromatic nitrogens is 1. The van der Waals surface area contributed by atoms with E-state index < -0.39 is 0 Å². The maximum absolute atomic E-state index is 5.90. The molecule has 1 aliphatic carbocycles. The van der Waals surface area contributed by atoms with Crippen molar-refractivity contribution in [2.45, 2.75) is 38.6 Å². The van der Waals surface area contributed by atoms with Gasteiger partial charge in [0.05, 0.1) is 0 Å². The molecule has 0 N–H and O–H groups in total. The first-order valence-electron chi connectivity index (χ1n) is 8.64. The molecule has 0 atom stereocenters. The fraction of sp³-hybridized carbons (Fsp3) is 0.611. The van der Waals surface area contributed by atoms with Crippen LogP contribution in [0.3, 0.4) is 0 Å². The van der Waals surface area contributed by atoms with Crippen LogP contribution < -0.4 is 4.90 Å². The lowest BCUT2D eigenvalue weighted by atomic mass is 9.86. The minimum atomic E-state index is 0.790. The minimum absolute atomic E-state index is 0.790. The zero-order valence-electron chi connectivity index (χ0n) is 13.4. The molecule has 2 fully saturated rings. The van der Waals surface area contributed by atoms with Crippen molar-refractivity contribution in [3.8, 4) is 0 Å². The summed E-state index contributed by atoms with van der Waals surface area (Å²) in [5.74, 6) is 0.928. The SMILES string of the molecule is CC1CCC(N2CCN(c3nc4ccccc4o3)CC2)CC1. The van der Waals surface area contributed by atoms with E-state index in [1.54, 1.807) is 0 Å². The molecule has 1 aliphatic heterocycles. The second kappa shape index (κ2) is 5.92. The Kier molecular flexibility index (Phi) is 3.78. The van der Waals surface area contributed by atoms with Crippen molar-refractivity contribution in [3.63, 3.8) is 0 Å². The average Bonchev–Trinajstić information content (AvgIpc) is 3.00. The summed E-state index contributed by atoms with van der Waals surface area (Å²) in [6, 6.07) is 9.61. The number of piperazine rings is 1. The van der Waals surface area contributed by atoms with Crippen LogP contribution in [-0.2, 0) is 0 Å². The van der Waals surface area contributed by atoms with E-state index in [4.69, 9.17) is 4.42 Å². The van der Waals surface area contributed by atoms with Crippen molar-refractivity contribution in [1.82, 2.24) is 9.88 Å². The highest BCUT2D eigenvalue weighted by molar-refractivity contribution is 5.74. The maximum Gasteiger partial charge on any atom is 0.298 e. The molecule has 1 saturated carbocycles. The molecule has 4 rings (SSSR count). The third kappa shape index (κ3) is 2.72. The summed E-state index contributed by atoms with van der Waals surface area (Å²) in [6.45, 7) is 6.72. The Balaban J connectivity index is 1.39. The van der Waals surface area contributed by atoms with Gasteiger partial charge < -0.3 is 9.32 Å². The summed E-state index contributed by atoms with van der Waals surface area (Å²) in [4.78, 5) is 9.60. The highest BCUT2D eigenvalue weighted by Gasteiger charge is 2.28. The van der Waals surface area contributed by atoms with Crippen molar-refractivity contribution in [1.29, 1.82) is 0 Å². The van der Waals surface area contributed by atoms with Gasteiger partial charge in [0.25, 0.3) is 6.01 Å². The Labute approximate surface area is 132 Å². The molecule has 1 aromatic heterocycles. The fourth-order valence-electron chi connectivity index (χ4n) is 3.88. The van der Waals surface area contributed by atoms with Gasteiger partial charge in [0.15, 0.2) is 5.58 Å². The molecule has 0 radical (unpaired) electrons. The van der Waals surface area contributed by atoms with Crippen molar-refractivity contribution < 1.29 is 4.42 Å². The maximum atomic E-state index is 5.90. The van der Waals surface area contributed by atoms with Gasteiger partial charge in [0.2, 0.25) is 0 Å². The number of oxazole rings is 1. The van der Waals surface area contributed by atoms with E-state index in [2.05, 4.69) is 21.7 Å². The zero-order chi connectivity index (χ0) is 14.9. The van der Waals surface area contributed by atoms with Gasteiger partial charge >= 0.3 is 0 Å². The first kappa shape index (κ1) is 14.1. The standard InChI is InChI=1S/C18H25N3O/c1-14-6-8-15(9-7-14)20-10-12-21(13-11-20)18-19-16-4-2-3-5-17(16)22-18/h2-5,14-15H,6-13H2,1H3. The normalized spacial score (nSPS) is 27.4. The van der Waals surface area contributed by atoms with Gasteiger partial charge in [-0.2, -0.15) is 4.98 Å². The Morgan fingerprint density at radius 3 is 2.45 bits per heavy atom. The van der Waals surface area contributed by atoms with E-state index in [1.165, 1.54) is 25.7 Å². The number of anilines is 1. The van der Waals surface area contributed by atoms with Gasteiger partial charge in [-0.1, -0.05) is 19.1 Å². The number of rotatable bonds is 2. The van der Waals surface area contributed by atoms with Gasteiger partial charge in [0, 0.05) is 32.2 Å². The van der Waals surface area contributed by atoms with Gasteiger partial charge in [-0.25, -0.2) is 0 Å². The largest absolute Gasteiger partial charge is 0.423 e. The van der Waals surface area contributed by atoms with Gasteiger partial charge in [-0.15, -0.1) is 0 Å². The molecule has 2 aromatic rings. The van der Waals surface area contributed by atoms with Crippen molar-refractivity contribution in [2.24, 2.45) is 5.92 Å². The number of para-hydroxylation sites is 2. The highest BCUT2D eigenvalue weighted by atomic mass is 16.4. The van der Waals surface area contributed by atoms with E-state index in [0.29, 0.717) is 0 Å². The van der Waals surface area contributed by atoms with Crippen LogP contribution >= 0.6 is 0 Å². The summed E-state index contributed by atoms with van der Waals surface area (Å²) in [5, 5.41) is 0. The minimum Gasteiger partial charge on any atom is -0.423 e. The van der Waals surface area contributed by atoms with Crippen LogP contribution in [0.2, 0.25) is 0 Å². The fourth-order valence-corrected chi connectivity index (χ4v) is 3.88. The number of fused-ring (bicyclic) bond motifs is 1. The molecule has 0 spiro atoms. The molecule has 0 amide bonds. The molecule has 1 saturated heterocycles. The third-order valence-electron chi connectivity index (χ3n) is 5.37. The smallest absolute Gasteiger partial charge is 0.298 e. The Bertz CT molecular complexity index is 589. The molecule has 4 heteroatoms. The van der Waals surface area contributed by atoms with E-state index >= 15 is 0 Å². The predicted octanol–water partition coefficient (Wildman–Crippen LogP) is 3.53. The van der Waals surface area contributed by atoms with E-state index in [0.717, 1.165) is 55.3 Å². The summed E-state index contributed by atoms with van der Waals surface area (Å²) < 4.78 is 5.90. The van der Waals surface area contributed by atoms with E-state index in [-0.39, 0.29) is 0 Å². The first-order valence-corrected chi connectivity index (χ1v) is 8.64. The summed E-state index contributed by atoms with van der Waals surface area (Å²) in [5.41, 5.74) is 1.85. The second-order valence-electron chi connectivity index (χ2n) is 6.90. The molecule has 0 unspecified atom stereocenters. The zero-order valence-corrected chi connectivity index (χ0v) is 13.4. The van der Waals surface area contributed by atoms with Crippen LogP contribution in [0, 0.1) is 5.92 Å². The third-order valence-corrected chi connectivity index (χ3v) is 5.37. The van der Waals surface area contributed by atoms with Crippen LogP contribution in [0.1, 0.15) is 32.6 Å². The van der Waals surface area contributed by atoms with Gasteiger partial charge in [-0.3, -0.25) is 4.90 Å². The molecular weight excluding hydrogens is 274 g/mol. The van der Waals surface area contributed by atoms with Crippen LogP contribution in [-0.4, -0.2) is 42.1 Å². The van der Waals surface area contributed by atoms with Crippen LogP contribution in [0.25, 0.3) is 11.1 Å². The molecule has 2 heterocycles. The Morgan fingerprint density at radius 2 is 1.73 bits per heavy atom. The molecule has 2 aliphatic rings. The number of benzene rings is 1. The van der Waals surface area contributed by atoms with Gasteiger partial charge in [-0.05, 0) is 43.7 Å². The second-order valence-corrected chi connectivity index (χ2v) is 6.90. The first-order chi connectivity index (χ1) is 10.8. The lowest BCUT2D eigenvalue weighted by Gasteiger charge is -2.41. The van der Waals surface area contributed by atoms with Crippen LogP contribution in [0.15, 0.2) is 28.7 Å². The summed E-state index contributed by atoms with van der Waals surface area (Å²) >= 11 is 0. The van der Waals surface area contributed by atoms with Crippen molar-refractivity contribution in [3.05, 3.63) is 24.3 Å². The molecule has 118 valence electrons. The van der Waals surface area contributed by atoms with Gasteiger partial charge in [0.1, 0.15) is 5.52 Å². The molecule has 1 aromatic carbocycles. The quantitative estimate of drug-likeness (QED) is 0.849. The van der Waals surface area contributed by atoms with E-state index in [1.807, 2.05) is 24.3 Å². The molecule has 4 nitrogen and oxygen atoms in total. The van der Waals surface area contributed by atoms with Crippen molar-refractivity contribution in [2.75, 3.05) is 31.1 Å². The highest BCUT2D eigenvalue weighted by Crippen LogP contribution is 2.29. The number of hydrogen-bond acceptors (Lipinski definition) is 4. The van der Waals surface area contributed by atoms with E-state index in [9.17, 15) is 0 Å². The summed E-state index contributed by atoms with van der Waals surface area (Å²) in [6.07, 6.45) is 5.56. The molecule has 22 heavy (non-hydrogen) atoms. The monoisotopic (exact) mass is 299 g/mol. The Hall–Kier alpha value is -1.55. The topological polar surface area (TPSA) is 32.5 Å². The predicted molar refractivity (Wildman–Crippen MR) is 89.2 cm³/mol. The molecule has 0 bridgehead atoms.